The molecule has 0 radical (unpaired) electrons. The number of carbonyl (C=O) groups is 1. The number of amides is 1. The molecule has 0 saturated carbocycles. The van der Waals surface area contributed by atoms with E-state index < -0.39 is 5.82 Å². The molecule has 0 fully saturated rings. The SMILES string of the molecule is CC1c2nnn(-c3ncc(F)cn3)c2CCN1C(=O)c1ccc(Cl)cc1P. The van der Waals surface area contributed by atoms with Gasteiger partial charge in [-0.3, -0.25) is 4.79 Å². The Kier molecular flexibility index (Phi) is 4.61. The molecule has 1 amide bonds. The van der Waals surface area contributed by atoms with E-state index in [2.05, 4.69) is 29.5 Å². The zero-order valence-electron chi connectivity index (χ0n) is 14.3. The highest BCUT2D eigenvalue weighted by molar-refractivity contribution is 7.27. The molecule has 2 atom stereocenters. The Labute approximate surface area is 161 Å². The van der Waals surface area contributed by atoms with E-state index in [0.29, 0.717) is 29.2 Å². The van der Waals surface area contributed by atoms with Gasteiger partial charge < -0.3 is 4.90 Å². The number of rotatable bonds is 2. The molecule has 1 aromatic carbocycles. The van der Waals surface area contributed by atoms with Gasteiger partial charge in [-0.2, -0.15) is 4.68 Å². The van der Waals surface area contributed by atoms with E-state index in [0.717, 1.165) is 23.4 Å². The number of carbonyl (C=O) groups excluding carboxylic acids is 1. The average Bonchev–Trinajstić information content (AvgIpc) is 3.07. The van der Waals surface area contributed by atoms with Gasteiger partial charge in [-0.15, -0.1) is 14.3 Å². The van der Waals surface area contributed by atoms with Crippen molar-refractivity contribution in [1.29, 1.82) is 0 Å². The second-order valence-electron chi connectivity index (χ2n) is 6.19. The van der Waals surface area contributed by atoms with Crippen molar-refractivity contribution >= 4 is 32.1 Å². The van der Waals surface area contributed by atoms with Crippen LogP contribution in [0.15, 0.2) is 30.6 Å². The van der Waals surface area contributed by atoms with Crippen molar-refractivity contribution in [2.24, 2.45) is 0 Å². The maximum Gasteiger partial charge on any atom is 0.255 e. The lowest BCUT2D eigenvalue weighted by atomic mass is 10.0. The zero-order chi connectivity index (χ0) is 19.1. The molecule has 2 aromatic heterocycles. The topological polar surface area (TPSA) is 76.8 Å². The maximum absolute atomic E-state index is 13.1. The van der Waals surface area contributed by atoms with Crippen LogP contribution in [0, 0.1) is 5.82 Å². The maximum atomic E-state index is 13.1. The average molecular weight is 405 g/mol. The molecule has 0 spiro atoms. The lowest BCUT2D eigenvalue weighted by Crippen LogP contribution is -2.40. The minimum atomic E-state index is -0.519. The zero-order valence-corrected chi connectivity index (χ0v) is 16.2. The van der Waals surface area contributed by atoms with Gasteiger partial charge in [0.05, 0.1) is 24.1 Å². The van der Waals surface area contributed by atoms with E-state index in [9.17, 15) is 9.18 Å². The number of nitrogens with zero attached hydrogens (tertiary/aromatic N) is 6. The molecule has 0 N–H and O–H groups in total. The molecule has 0 aliphatic carbocycles. The van der Waals surface area contributed by atoms with Crippen LogP contribution in [0.4, 0.5) is 4.39 Å². The molecule has 27 heavy (non-hydrogen) atoms. The third kappa shape index (κ3) is 3.19. The van der Waals surface area contributed by atoms with E-state index in [1.54, 1.807) is 23.1 Å². The fraction of sp³-hybridized carbons (Fsp3) is 0.235. The Morgan fingerprint density at radius 2 is 2.07 bits per heavy atom. The van der Waals surface area contributed by atoms with Gasteiger partial charge in [0.1, 0.15) is 5.69 Å². The molecule has 2 unspecified atom stereocenters. The van der Waals surface area contributed by atoms with E-state index in [-0.39, 0.29) is 17.9 Å². The van der Waals surface area contributed by atoms with Crippen molar-refractivity contribution in [2.75, 3.05) is 6.54 Å². The first-order chi connectivity index (χ1) is 13.0. The highest BCUT2D eigenvalue weighted by Gasteiger charge is 2.33. The van der Waals surface area contributed by atoms with Gasteiger partial charge in [0.15, 0.2) is 5.82 Å². The second kappa shape index (κ2) is 6.94. The summed E-state index contributed by atoms with van der Waals surface area (Å²) in [5.74, 6) is -0.362. The van der Waals surface area contributed by atoms with Crippen LogP contribution in [-0.2, 0) is 6.42 Å². The Balaban J connectivity index is 1.65. The summed E-state index contributed by atoms with van der Waals surface area (Å²) in [6.07, 6.45) is 2.71. The van der Waals surface area contributed by atoms with Crippen LogP contribution in [0.1, 0.15) is 34.7 Å². The molecule has 10 heteroatoms. The van der Waals surface area contributed by atoms with Crippen molar-refractivity contribution in [3.63, 3.8) is 0 Å². The number of hydrogen-bond donors (Lipinski definition) is 0. The third-order valence-electron chi connectivity index (χ3n) is 4.55. The van der Waals surface area contributed by atoms with Gasteiger partial charge in [0.25, 0.3) is 11.9 Å². The highest BCUT2D eigenvalue weighted by Crippen LogP contribution is 2.29. The van der Waals surface area contributed by atoms with E-state index in [1.807, 2.05) is 6.92 Å². The summed E-state index contributed by atoms with van der Waals surface area (Å²) in [5, 5.41) is 9.64. The normalized spacial score (nSPS) is 16.3. The number of hydrogen-bond acceptors (Lipinski definition) is 5. The Bertz CT molecular complexity index is 1020. The molecular formula is C17H15ClFN6OP. The van der Waals surface area contributed by atoms with Crippen LogP contribution in [0.5, 0.6) is 0 Å². The van der Waals surface area contributed by atoms with Gasteiger partial charge in [-0.25, -0.2) is 14.4 Å². The molecule has 1 aliphatic heterocycles. The molecule has 4 rings (SSSR count). The Morgan fingerprint density at radius 1 is 1.33 bits per heavy atom. The van der Waals surface area contributed by atoms with E-state index in [4.69, 9.17) is 11.6 Å². The molecule has 0 saturated heterocycles. The summed E-state index contributed by atoms with van der Waals surface area (Å²) in [7, 11) is 2.54. The van der Waals surface area contributed by atoms with Crippen LogP contribution in [0.3, 0.4) is 0 Å². The predicted octanol–water partition coefficient (Wildman–Crippen LogP) is 2.11. The Morgan fingerprint density at radius 3 is 2.78 bits per heavy atom. The molecule has 0 bridgehead atoms. The number of fused-ring (bicyclic) bond motifs is 1. The molecule has 138 valence electrons. The summed E-state index contributed by atoms with van der Waals surface area (Å²) >= 11 is 5.98. The molecule has 3 heterocycles. The molecular weight excluding hydrogens is 390 g/mol. The highest BCUT2D eigenvalue weighted by atomic mass is 35.5. The summed E-state index contributed by atoms with van der Waals surface area (Å²) in [4.78, 5) is 22.7. The van der Waals surface area contributed by atoms with Gasteiger partial charge >= 0.3 is 0 Å². The van der Waals surface area contributed by atoms with Crippen molar-refractivity contribution in [2.45, 2.75) is 19.4 Å². The smallest absolute Gasteiger partial charge is 0.255 e. The van der Waals surface area contributed by atoms with Crippen molar-refractivity contribution in [3.8, 4) is 5.95 Å². The monoisotopic (exact) mass is 404 g/mol. The van der Waals surface area contributed by atoms with Crippen LogP contribution in [0.25, 0.3) is 5.95 Å². The number of aromatic nitrogens is 5. The first-order valence-corrected chi connectivity index (χ1v) is 9.19. The first-order valence-electron chi connectivity index (χ1n) is 8.24. The van der Waals surface area contributed by atoms with Crippen molar-refractivity contribution < 1.29 is 9.18 Å². The quantitative estimate of drug-likeness (QED) is 0.611. The lowest BCUT2D eigenvalue weighted by molar-refractivity contribution is 0.0674. The van der Waals surface area contributed by atoms with Gasteiger partial charge in [-0.1, -0.05) is 16.8 Å². The molecule has 3 aromatic rings. The first kappa shape index (κ1) is 17.9. The third-order valence-corrected chi connectivity index (χ3v) is 5.26. The van der Waals surface area contributed by atoms with Crippen LogP contribution in [0.2, 0.25) is 5.02 Å². The minimum Gasteiger partial charge on any atom is -0.330 e. The summed E-state index contributed by atoms with van der Waals surface area (Å²) < 4.78 is 14.6. The number of halogens is 2. The standard InChI is InChI=1S/C17H15ClFN6OP/c1-9-15-13(25(23-22-15)17-20-7-11(19)8-21-17)4-5-24(9)16(26)12-3-2-10(18)6-14(12)27/h2-3,6-9H,4-5,27H2,1H3. The van der Waals surface area contributed by atoms with Crippen LogP contribution in [-0.4, -0.2) is 42.3 Å². The van der Waals surface area contributed by atoms with Gasteiger partial charge in [0.2, 0.25) is 0 Å². The molecule has 1 aliphatic rings. The molecule has 7 nitrogen and oxygen atoms in total. The minimum absolute atomic E-state index is 0.0950. The van der Waals surface area contributed by atoms with E-state index in [1.165, 1.54) is 4.68 Å². The fourth-order valence-corrected chi connectivity index (χ4v) is 3.86. The number of benzene rings is 1. The van der Waals surface area contributed by atoms with Crippen LogP contribution < -0.4 is 5.30 Å². The summed E-state index contributed by atoms with van der Waals surface area (Å²) in [6.45, 7) is 2.40. The van der Waals surface area contributed by atoms with Gasteiger partial charge in [0, 0.05) is 23.6 Å². The van der Waals surface area contributed by atoms with Gasteiger partial charge in [-0.05, 0) is 30.4 Å². The Hall–Kier alpha value is -2.44. The largest absolute Gasteiger partial charge is 0.330 e. The van der Waals surface area contributed by atoms with E-state index >= 15 is 0 Å². The van der Waals surface area contributed by atoms with Crippen molar-refractivity contribution in [3.05, 3.63) is 58.4 Å². The second-order valence-corrected chi connectivity index (χ2v) is 7.25. The van der Waals surface area contributed by atoms with Crippen molar-refractivity contribution in [1.82, 2.24) is 29.9 Å². The lowest BCUT2D eigenvalue weighted by Gasteiger charge is -2.33. The summed E-state index contributed by atoms with van der Waals surface area (Å²) in [5.41, 5.74) is 2.08. The fourth-order valence-electron chi connectivity index (χ4n) is 3.18. The summed E-state index contributed by atoms with van der Waals surface area (Å²) in [6, 6.07) is 4.89. The predicted molar refractivity (Wildman–Crippen MR) is 101 cm³/mol. The van der Waals surface area contributed by atoms with Crippen LogP contribution >= 0.6 is 20.8 Å².